The van der Waals surface area contributed by atoms with Gasteiger partial charge in [-0.3, -0.25) is 0 Å². The molecule has 0 unspecified atom stereocenters. The van der Waals surface area contributed by atoms with Gasteiger partial charge in [0.25, 0.3) is 0 Å². The third-order valence-electron chi connectivity index (χ3n) is 1.24. The number of unbranched alkanes of at least 4 members (excludes halogenated alkanes) is 3. The highest BCUT2D eigenvalue weighted by atomic mass is 32.2. The van der Waals surface area contributed by atoms with Crippen LogP contribution in [0.25, 0.3) is 0 Å². The molecule has 0 amide bonds. The molecule has 0 aromatic heterocycles. The lowest BCUT2D eigenvalue weighted by molar-refractivity contribution is 0.733. The van der Waals surface area contributed by atoms with Gasteiger partial charge in [0.15, 0.2) is 0 Å². The van der Waals surface area contributed by atoms with Crippen molar-refractivity contribution >= 4 is 11.8 Å². The molecule has 0 saturated heterocycles. The Hall–Kier alpha value is 0.350. The fourth-order valence-corrected chi connectivity index (χ4v) is 1.40. The van der Waals surface area contributed by atoms with Crippen LogP contribution in [0, 0.1) is 6.92 Å². The summed E-state index contributed by atoms with van der Waals surface area (Å²) in [5.41, 5.74) is 0. The Balaban J connectivity index is 2.60. The molecule has 0 aliphatic carbocycles. The first-order chi connectivity index (χ1) is 4.41. The van der Waals surface area contributed by atoms with Crippen molar-refractivity contribution in [1.82, 2.24) is 0 Å². The highest BCUT2D eigenvalue weighted by Crippen LogP contribution is 2.05. The average Bonchev–Trinajstić information content (AvgIpc) is 1.89. The number of rotatable bonds is 6. The van der Waals surface area contributed by atoms with Gasteiger partial charge in [0.05, 0.1) is 0 Å². The quantitative estimate of drug-likeness (QED) is 0.517. The summed E-state index contributed by atoms with van der Waals surface area (Å²) < 4.78 is 0. The highest BCUT2D eigenvalue weighted by Gasteiger charge is 1.85. The molecule has 0 nitrogen and oxygen atoms in total. The van der Waals surface area contributed by atoms with Crippen molar-refractivity contribution in [1.29, 1.82) is 0 Å². The molecule has 9 heavy (non-hydrogen) atoms. The summed E-state index contributed by atoms with van der Waals surface area (Å²) in [6.07, 6.45) is 5.17. The molecule has 1 heteroatoms. The summed E-state index contributed by atoms with van der Waals surface area (Å²) in [7, 11) is 0. The van der Waals surface area contributed by atoms with Gasteiger partial charge in [-0.15, -0.1) is 0 Å². The van der Waals surface area contributed by atoms with Crippen LogP contribution >= 0.6 is 11.8 Å². The van der Waals surface area contributed by atoms with Gasteiger partial charge in [-0.2, -0.15) is 11.8 Å². The Morgan fingerprint density at radius 2 is 2.00 bits per heavy atom. The van der Waals surface area contributed by atoms with Crippen LogP contribution in [0.1, 0.15) is 32.6 Å². The molecule has 0 saturated carbocycles. The molecule has 0 aromatic rings. The summed E-state index contributed by atoms with van der Waals surface area (Å²) in [5.74, 6) is 2.61. The molecular formula is C8H17S. The molecule has 0 aromatic carbocycles. The van der Waals surface area contributed by atoms with Crippen molar-refractivity contribution in [3.63, 3.8) is 0 Å². The molecule has 0 aliphatic rings. The van der Waals surface area contributed by atoms with Gasteiger partial charge in [-0.05, 0) is 17.9 Å². The van der Waals surface area contributed by atoms with Gasteiger partial charge in [0, 0.05) is 0 Å². The van der Waals surface area contributed by atoms with E-state index in [9.17, 15) is 0 Å². The summed E-state index contributed by atoms with van der Waals surface area (Å²) >= 11 is 2.04. The number of hydrogen-bond acceptors (Lipinski definition) is 1. The first kappa shape index (κ1) is 9.35. The maximum absolute atomic E-state index is 3.80. The predicted octanol–water partition coefficient (Wildman–Crippen LogP) is 3.13. The van der Waals surface area contributed by atoms with Crippen molar-refractivity contribution in [2.75, 3.05) is 11.5 Å². The Morgan fingerprint density at radius 1 is 1.22 bits per heavy atom. The van der Waals surface area contributed by atoms with Gasteiger partial charge in [0.2, 0.25) is 0 Å². The highest BCUT2D eigenvalue weighted by molar-refractivity contribution is 7.99. The van der Waals surface area contributed by atoms with Crippen LogP contribution in [0.4, 0.5) is 0 Å². The van der Waals surface area contributed by atoms with Crippen molar-refractivity contribution < 1.29 is 0 Å². The van der Waals surface area contributed by atoms with E-state index in [2.05, 4.69) is 13.8 Å². The maximum atomic E-state index is 3.80. The second-order valence-corrected chi connectivity index (χ2v) is 3.50. The lowest BCUT2D eigenvalue weighted by Crippen LogP contribution is -1.80. The fourth-order valence-electron chi connectivity index (χ4n) is 0.702. The minimum atomic E-state index is 1.11. The molecule has 0 rings (SSSR count). The average molecular weight is 145 g/mol. The minimum Gasteiger partial charge on any atom is -0.162 e. The van der Waals surface area contributed by atoms with Crippen LogP contribution in [-0.4, -0.2) is 11.5 Å². The lowest BCUT2D eigenvalue weighted by atomic mass is 10.2. The molecule has 0 fully saturated rings. The Morgan fingerprint density at radius 3 is 2.56 bits per heavy atom. The van der Waals surface area contributed by atoms with E-state index in [0.29, 0.717) is 0 Å². The van der Waals surface area contributed by atoms with E-state index in [1.165, 1.54) is 30.8 Å². The number of hydrogen-bond donors (Lipinski definition) is 0. The molecule has 0 spiro atoms. The molecule has 0 atom stereocenters. The molecule has 0 aliphatic heterocycles. The van der Waals surface area contributed by atoms with Crippen LogP contribution in [0.2, 0.25) is 0 Å². The van der Waals surface area contributed by atoms with Crippen LogP contribution in [0.15, 0.2) is 0 Å². The Kier molecular flexibility index (Phi) is 8.67. The third-order valence-corrected chi connectivity index (χ3v) is 2.23. The molecule has 1 radical (unpaired) electrons. The van der Waals surface area contributed by atoms with Gasteiger partial charge < -0.3 is 0 Å². The summed E-state index contributed by atoms with van der Waals surface area (Å²) in [5, 5.41) is 0. The van der Waals surface area contributed by atoms with Crippen LogP contribution in [0.3, 0.4) is 0 Å². The third kappa shape index (κ3) is 8.35. The summed E-state index contributed by atoms with van der Waals surface area (Å²) in [6.45, 7) is 6.01. The van der Waals surface area contributed by atoms with Crippen molar-refractivity contribution in [3.05, 3.63) is 6.92 Å². The smallest absolute Gasteiger partial charge is 0.00676 e. The van der Waals surface area contributed by atoms with Crippen LogP contribution in [-0.2, 0) is 0 Å². The maximum Gasteiger partial charge on any atom is -0.00676 e. The normalized spacial score (nSPS) is 10.0. The van der Waals surface area contributed by atoms with Gasteiger partial charge in [0.1, 0.15) is 0 Å². The van der Waals surface area contributed by atoms with Gasteiger partial charge in [-0.25, -0.2) is 0 Å². The van der Waals surface area contributed by atoms with Crippen molar-refractivity contribution in [3.8, 4) is 0 Å². The minimum absolute atomic E-state index is 1.11. The summed E-state index contributed by atoms with van der Waals surface area (Å²) in [4.78, 5) is 0. The van der Waals surface area contributed by atoms with Gasteiger partial charge in [-0.1, -0.05) is 33.1 Å². The first-order valence-electron chi connectivity index (χ1n) is 3.78. The van der Waals surface area contributed by atoms with E-state index in [1.807, 2.05) is 11.8 Å². The van der Waals surface area contributed by atoms with E-state index in [1.54, 1.807) is 0 Å². The number of thioether (sulfide) groups is 1. The zero-order valence-corrected chi connectivity index (χ0v) is 7.17. The van der Waals surface area contributed by atoms with Gasteiger partial charge >= 0.3 is 0 Å². The monoisotopic (exact) mass is 145 g/mol. The van der Waals surface area contributed by atoms with E-state index < -0.39 is 0 Å². The van der Waals surface area contributed by atoms with E-state index in [-0.39, 0.29) is 0 Å². The molecule has 55 valence electrons. The predicted molar refractivity (Wildman–Crippen MR) is 46.8 cm³/mol. The van der Waals surface area contributed by atoms with E-state index >= 15 is 0 Å². The second kappa shape index (κ2) is 8.35. The van der Waals surface area contributed by atoms with E-state index in [4.69, 9.17) is 0 Å². The Labute approximate surface area is 63.4 Å². The SMILES string of the molecule is [CH2]CCCCCSCC. The Bertz CT molecular complexity index is 37.8. The largest absolute Gasteiger partial charge is 0.162 e. The van der Waals surface area contributed by atoms with Crippen LogP contribution < -0.4 is 0 Å². The fraction of sp³-hybridized carbons (Fsp3) is 0.875. The molecular weight excluding hydrogens is 128 g/mol. The van der Waals surface area contributed by atoms with Crippen LogP contribution in [0.5, 0.6) is 0 Å². The zero-order valence-electron chi connectivity index (χ0n) is 6.36. The molecule has 0 N–H and O–H groups in total. The topological polar surface area (TPSA) is 0 Å². The second-order valence-electron chi connectivity index (χ2n) is 2.11. The summed E-state index contributed by atoms with van der Waals surface area (Å²) in [6, 6.07) is 0. The zero-order chi connectivity index (χ0) is 6.95. The lowest BCUT2D eigenvalue weighted by Gasteiger charge is -1.96. The van der Waals surface area contributed by atoms with Crippen molar-refractivity contribution in [2.45, 2.75) is 32.6 Å². The van der Waals surface area contributed by atoms with E-state index in [0.717, 1.165) is 6.42 Å². The van der Waals surface area contributed by atoms with Crippen molar-refractivity contribution in [2.24, 2.45) is 0 Å². The first-order valence-corrected chi connectivity index (χ1v) is 4.94. The molecule has 0 bridgehead atoms. The molecule has 0 heterocycles. The standard InChI is InChI=1S/C8H17S/c1-3-5-6-7-8-9-4-2/h1,3-8H2,2H3.